The van der Waals surface area contributed by atoms with Crippen LogP contribution in [0.25, 0.3) is 0 Å². The summed E-state index contributed by atoms with van der Waals surface area (Å²) < 4.78 is 99.3. The van der Waals surface area contributed by atoms with Gasteiger partial charge in [0.1, 0.15) is 11.0 Å². The topological polar surface area (TPSA) is 67.2 Å². The molecule has 0 atom stereocenters. The molecule has 0 aliphatic carbocycles. The summed E-state index contributed by atoms with van der Waals surface area (Å²) in [4.78, 5) is -2.26. The predicted molar refractivity (Wildman–Crippen MR) is 62.8 cm³/mol. The standard InChI is InChI=1S/C9H2ClF6NO3S2/c10-22(18,19)7-2-6(21-9(14,15)16)4(3-17)1-5(7)20-8(11,12)13/h1-2H. The summed E-state index contributed by atoms with van der Waals surface area (Å²) in [6.45, 7) is 0. The molecule has 0 spiro atoms. The lowest BCUT2D eigenvalue weighted by atomic mass is 10.2. The highest BCUT2D eigenvalue weighted by Gasteiger charge is 2.36. The molecule has 0 aliphatic rings. The Labute approximate surface area is 128 Å². The van der Waals surface area contributed by atoms with Crippen molar-refractivity contribution in [2.24, 2.45) is 0 Å². The van der Waals surface area contributed by atoms with E-state index in [1.807, 2.05) is 0 Å². The highest BCUT2D eigenvalue weighted by molar-refractivity contribution is 8.13. The molecule has 0 radical (unpaired) electrons. The maximum absolute atomic E-state index is 12.3. The molecule has 0 aliphatic heterocycles. The molecular formula is C9H2ClF6NO3S2. The quantitative estimate of drug-likeness (QED) is 0.447. The smallest absolute Gasteiger partial charge is 0.404 e. The molecule has 22 heavy (non-hydrogen) atoms. The number of nitriles is 1. The van der Waals surface area contributed by atoms with E-state index in [0.29, 0.717) is 0 Å². The maximum Gasteiger partial charge on any atom is 0.573 e. The van der Waals surface area contributed by atoms with Crippen LogP contribution in [0.3, 0.4) is 0 Å². The van der Waals surface area contributed by atoms with Gasteiger partial charge in [0.2, 0.25) is 0 Å². The van der Waals surface area contributed by atoms with E-state index in [2.05, 4.69) is 4.74 Å². The SMILES string of the molecule is N#Cc1cc(OC(F)(F)F)c(S(=O)(=O)Cl)cc1SC(F)(F)F. The van der Waals surface area contributed by atoms with Gasteiger partial charge in [0.05, 0.1) is 5.56 Å². The van der Waals surface area contributed by atoms with E-state index in [1.165, 1.54) is 6.07 Å². The third-order valence-corrected chi connectivity index (χ3v) is 4.01. The number of nitrogens with zero attached hydrogens (tertiary/aromatic N) is 1. The van der Waals surface area contributed by atoms with Crippen LogP contribution in [0.15, 0.2) is 21.9 Å². The lowest BCUT2D eigenvalue weighted by molar-refractivity contribution is -0.275. The number of alkyl halides is 6. The molecule has 13 heteroatoms. The molecule has 0 bridgehead atoms. The largest absolute Gasteiger partial charge is 0.573 e. The Morgan fingerprint density at radius 1 is 1.18 bits per heavy atom. The van der Waals surface area contributed by atoms with Crippen LogP contribution >= 0.6 is 22.4 Å². The van der Waals surface area contributed by atoms with Crippen molar-refractivity contribution in [3.63, 3.8) is 0 Å². The van der Waals surface area contributed by atoms with Gasteiger partial charge in [-0.25, -0.2) is 8.42 Å². The van der Waals surface area contributed by atoms with Crippen LogP contribution in [0, 0.1) is 11.3 Å². The van der Waals surface area contributed by atoms with E-state index >= 15 is 0 Å². The van der Waals surface area contributed by atoms with Crippen molar-refractivity contribution in [1.82, 2.24) is 0 Å². The van der Waals surface area contributed by atoms with Gasteiger partial charge in [-0.05, 0) is 17.8 Å². The second kappa shape index (κ2) is 6.05. The van der Waals surface area contributed by atoms with E-state index in [-0.39, 0.29) is 12.1 Å². The molecule has 0 saturated carbocycles. The predicted octanol–water partition coefficient (Wildman–Crippen LogP) is 4.00. The van der Waals surface area contributed by atoms with Crippen LogP contribution in [-0.4, -0.2) is 20.3 Å². The molecule has 1 aromatic rings. The first-order valence-corrected chi connectivity index (χ1v) is 7.90. The fraction of sp³-hybridized carbons (Fsp3) is 0.222. The number of thioether (sulfide) groups is 1. The highest BCUT2D eigenvalue weighted by atomic mass is 35.7. The van der Waals surface area contributed by atoms with Crippen molar-refractivity contribution in [3.05, 3.63) is 17.7 Å². The average molecular weight is 386 g/mol. The molecule has 1 aromatic carbocycles. The average Bonchev–Trinajstić information content (AvgIpc) is 2.25. The summed E-state index contributed by atoms with van der Waals surface area (Å²) in [5, 5.41) is 8.68. The van der Waals surface area contributed by atoms with Crippen LogP contribution in [0.5, 0.6) is 5.75 Å². The summed E-state index contributed by atoms with van der Waals surface area (Å²) in [5.74, 6) is -1.40. The van der Waals surface area contributed by atoms with Gasteiger partial charge >= 0.3 is 11.9 Å². The summed E-state index contributed by atoms with van der Waals surface area (Å²) in [5.41, 5.74) is -5.75. The summed E-state index contributed by atoms with van der Waals surface area (Å²) in [7, 11) is 0.0310. The van der Waals surface area contributed by atoms with Gasteiger partial charge in [0, 0.05) is 21.6 Å². The first kappa shape index (κ1) is 18.7. The first-order chi connectivity index (χ1) is 9.73. The second-order valence-electron chi connectivity index (χ2n) is 3.44. The van der Waals surface area contributed by atoms with Crippen LogP contribution in [0.2, 0.25) is 0 Å². The molecule has 0 aromatic heterocycles. The van der Waals surface area contributed by atoms with Crippen molar-refractivity contribution in [3.8, 4) is 11.8 Å². The minimum absolute atomic E-state index is 0.195. The Morgan fingerprint density at radius 2 is 1.73 bits per heavy atom. The van der Waals surface area contributed by atoms with Gasteiger partial charge < -0.3 is 4.74 Å². The minimum Gasteiger partial charge on any atom is -0.404 e. The number of benzene rings is 1. The number of hydrogen-bond donors (Lipinski definition) is 0. The first-order valence-electron chi connectivity index (χ1n) is 4.77. The Bertz CT molecular complexity index is 723. The molecule has 122 valence electrons. The Hall–Kier alpha value is -1.32. The van der Waals surface area contributed by atoms with E-state index in [9.17, 15) is 34.8 Å². The number of halogens is 7. The fourth-order valence-electron chi connectivity index (χ4n) is 1.23. The van der Waals surface area contributed by atoms with Crippen LogP contribution in [0.4, 0.5) is 26.3 Å². The van der Waals surface area contributed by atoms with E-state index in [1.54, 1.807) is 0 Å². The molecular weight excluding hydrogens is 384 g/mol. The Kier molecular flexibility index (Phi) is 5.15. The second-order valence-corrected chi connectivity index (χ2v) is 7.08. The van der Waals surface area contributed by atoms with Gasteiger partial charge in [-0.15, -0.1) is 13.2 Å². The molecule has 4 nitrogen and oxygen atoms in total. The van der Waals surface area contributed by atoms with E-state index in [4.69, 9.17) is 15.9 Å². The van der Waals surface area contributed by atoms with Crippen molar-refractivity contribution < 1.29 is 39.5 Å². The van der Waals surface area contributed by atoms with Crippen molar-refractivity contribution in [2.75, 3.05) is 0 Å². The number of hydrogen-bond acceptors (Lipinski definition) is 5. The molecule has 0 saturated heterocycles. The Morgan fingerprint density at radius 3 is 2.09 bits per heavy atom. The molecule has 0 amide bonds. The van der Waals surface area contributed by atoms with E-state index < -0.39 is 53.8 Å². The summed E-state index contributed by atoms with van der Waals surface area (Å²) in [6.07, 6.45) is -5.33. The molecule has 0 fully saturated rings. The third-order valence-electron chi connectivity index (χ3n) is 1.88. The molecule has 0 heterocycles. The minimum atomic E-state index is -5.33. The van der Waals surface area contributed by atoms with Crippen LogP contribution in [0.1, 0.15) is 5.56 Å². The highest BCUT2D eigenvalue weighted by Crippen LogP contribution is 2.42. The van der Waals surface area contributed by atoms with Gasteiger partial charge in [-0.3, -0.25) is 0 Å². The van der Waals surface area contributed by atoms with Gasteiger partial charge in [0.25, 0.3) is 9.05 Å². The number of ether oxygens (including phenoxy) is 1. The number of rotatable bonds is 3. The fourth-order valence-corrected chi connectivity index (χ4v) is 2.91. The molecule has 0 N–H and O–H groups in total. The monoisotopic (exact) mass is 385 g/mol. The van der Waals surface area contributed by atoms with Gasteiger partial charge in [-0.2, -0.15) is 18.4 Å². The van der Waals surface area contributed by atoms with Gasteiger partial charge in [-0.1, -0.05) is 0 Å². The zero-order chi connectivity index (χ0) is 17.3. The summed E-state index contributed by atoms with van der Waals surface area (Å²) >= 11 is -0.873. The lowest BCUT2D eigenvalue weighted by Gasteiger charge is -2.14. The molecule has 1 rings (SSSR count). The Balaban J connectivity index is 3.57. The van der Waals surface area contributed by atoms with Crippen molar-refractivity contribution in [1.29, 1.82) is 5.26 Å². The van der Waals surface area contributed by atoms with Crippen molar-refractivity contribution >= 4 is 31.5 Å². The zero-order valence-electron chi connectivity index (χ0n) is 9.79. The van der Waals surface area contributed by atoms with Crippen LogP contribution < -0.4 is 4.74 Å². The van der Waals surface area contributed by atoms with Crippen LogP contribution in [-0.2, 0) is 9.05 Å². The van der Waals surface area contributed by atoms with E-state index in [0.717, 1.165) is 0 Å². The third kappa shape index (κ3) is 5.47. The van der Waals surface area contributed by atoms with Gasteiger partial charge in [0.15, 0.2) is 5.75 Å². The lowest BCUT2D eigenvalue weighted by Crippen LogP contribution is -2.18. The normalized spacial score (nSPS) is 12.8. The zero-order valence-corrected chi connectivity index (χ0v) is 12.2. The molecule has 0 unspecified atom stereocenters. The van der Waals surface area contributed by atoms with Crippen molar-refractivity contribution in [2.45, 2.75) is 21.7 Å². The maximum atomic E-state index is 12.3. The summed E-state index contributed by atoms with van der Waals surface area (Å²) in [6, 6.07) is 1.63.